The van der Waals surface area contributed by atoms with Gasteiger partial charge in [-0.2, -0.15) is 13.2 Å². The molecule has 0 aliphatic carbocycles. The first kappa shape index (κ1) is 22.1. The third-order valence-electron chi connectivity index (χ3n) is 4.78. The van der Waals surface area contributed by atoms with Gasteiger partial charge in [-0.05, 0) is 49.2 Å². The molecule has 3 rings (SSSR count). The van der Waals surface area contributed by atoms with Crippen LogP contribution in [-0.2, 0) is 4.79 Å². The van der Waals surface area contributed by atoms with Crippen molar-refractivity contribution >= 4 is 29.3 Å². The van der Waals surface area contributed by atoms with E-state index in [0.717, 1.165) is 0 Å². The van der Waals surface area contributed by atoms with Gasteiger partial charge in [-0.1, -0.05) is 12.1 Å². The minimum Gasteiger partial charge on any atom is -0.339 e. The summed E-state index contributed by atoms with van der Waals surface area (Å²) in [5.41, 5.74) is 0.733. The standard InChI is InChI=1S/C21H20F4N2O2S/c22-16-7-5-15(6-8-16)20(29)27-11-9-14(10-12-27)19(28)26-17-3-1-2-4-18(17)30-13-21(23,24)25/h1-8,14H,9-13H2,(H,26,28). The number of likely N-dealkylation sites (tertiary alicyclic amines) is 1. The largest absolute Gasteiger partial charge is 0.398 e. The number of rotatable bonds is 5. The first-order valence-electron chi connectivity index (χ1n) is 9.37. The zero-order valence-corrected chi connectivity index (χ0v) is 16.7. The van der Waals surface area contributed by atoms with Crippen LogP contribution in [0.4, 0.5) is 23.2 Å². The Morgan fingerprint density at radius 2 is 1.67 bits per heavy atom. The van der Waals surface area contributed by atoms with E-state index in [9.17, 15) is 27.2 Å². The van der Waals surface area contributed by atoms with Crippen LogP contribution < -0.4 is 5.32 Å². The van der Waals surface area contributed by atoms with Crippen molar-refractivity contribution in [3.05, 3.63) is 59.9 Å². The fraction of sp³-hybridized carbons (Fsp3) is 0.333. The Bertz CT molecular complexity index is 895. The number of carbonyl (C=O) groups is 2. The van der Waals surface area contributed by atoms with E-state index in [4.69, 9.17) is 0 Å². The number of nitrogens with zero attached hydrogens (tertiary/aromatic N) is 1. The molecule has 1 aliphatic heterocycles. The predicted octanol–water partition coefficient (Wildman–Crippen LogP) is 4.97. The van der Waals surface area contributed by atoms with Crippen LogP contribution in [0.3, 0.4) is 0 Å². The number of anilines is 1. The van der Waals surface area contributed by atoms with Gasteiger partial charge in [-0.15, -0.1) is 11.8 Å². The molecule has 2 aromatic rings. The maximum absolute atomic E-state index is 13.0. The molecule has 30 heavy (non-hydrogen) atoms. The number of hydrogen-bond donors (Lipinski definition) is 1. The minimum absolute atomic E-state index is 0.220. The van der Waals surface area contributed by atoms with Gasteiger partial charge in [0.1, 0.15) is 5.82 Å². The van der Waals surface area contributed by atoms with E-state index in [-0.39, 0.29) is 17.7 Å². The van der Waals surface area contributed by atoms with Crippen LogP contribution in [0.5, 0.6) is 0 Å². The Hall–Kier alpha value is -2.55. The number of para-hydroxylation sites is 1. The topological polar surface area (TPSA) is 49.4 Å². The lowest BCUT2D eigenvalue weighted by molar-refractivity contribution is -0.121. The predicted molar refractivity (Wildman–Crippen MR) is 107 cm³/mol. The zero-order chi connectivity index (χ0) is 21.7. The molecule has 2 amide bonds. The van der Waals surface area contributed by atoms with Crippen LogP contribution in [0.15, 0.2) is 53.4 Å². The van der Waals surface area contributed by atoms with E-state index < -0.39 is 17.7 Å². The third-order valence-corrected chi connectivity index (χ3v) is 5.92. The highest BCUT2D eigenvalue weighted by Crippen LogP contribution is 2.32. The molecule has 0 bridgehead atoms. The molecule has 1 N–H and O–H groups in total. The van der Waals surface area contributed by atoms with Gasteiger partial charge < -0.3 is 10.2 Å². The fourth-order valence-corrected chi connectivity index (χ4v) is 3.98. The lowest BCUT2D eigenvalue weighted by Gasteiger charge is -2.31. The quantitative estimate of drug-likeness (QED) is 0.528. The lowest BCUT2D eigenvalue weighted by atomic mass is 9.95. The number of alkyl halides is 3. The zero-order valence-electron chi connectivity index (χ0n) is 15.9. The molecule has 0 aromatic heterocycles. The number of halogens is 4. The molecule has 9 heteroatoms. The van der Waals surface area contributed by atoms with Crippen molar-refractivity contribution in [3.63, 3.8) is 0 Å². The molecule has 160 valence electrons. The highest BCUT2D eigenvalue weighted by Gasteiger charge is 2.30. The average molecular weight is 440 g/mol. The number of amides is 2. The van der Waals surface area contributed by atoms with E-state index in [0.29, 0.717) is 53.8 Å². The van der Waals surface area contributed by atoms with Crippen molar-refractivity contribution in [1.82, 2.24) is 4.90 Å². The molecule has 4 nitrogen and oxygen atoms in total. The van der Waals surface area contributed by atoms with Gasteiger partial charge >= 0.3 is 6.18 Å². The van der Waals surface area contributed by atoms with Gasteiger partial charge in [-0.3, -0.25) is 9.59 Å². The van der Waals surface area contributed by atoms with Crippen molar-refractivity contribution < 1.29 is 27.2 Å². The molecule has 2 aromatic carbocycles. The molecular weight excluding hydrogens is 420 g/mol. The van der Waals surface area contributed by atoms with Gasteiger partial charge in [0.2, 0.25) is 5.91 Å². The second-order valence-electron chi connectivity index (χ2n) is 6.96. The van der Waals surface area contributed by atoms with Crippen LogP contribution >= 0.6 is 11.8 Å². The average Bonchev–Trinajstić information content (AvgIpc) is 2.72. The molecular formula is C21H20F4N2O2S. The van der Waals surface area contributed by atoms with Crippen molar-refractivity contribution in [2.75, 3.05) is 24.2 Å². The van der Waals surface area contributed by atoms with Gasteiger partial charge in [-0.25, -0.2) is 4.39 Å². The van der Waals surface area contributed by atoms with Crippen LogP contribution in [-0.4, -0.2) is 41.7 Å². The minimum atomic E-state index is -4.30. The van der Waals surface area contributed by atoms with Gasteiger partial charge in [0.05, 0.1) is 11.4 Å². The number of thioether (sulfide) groups is 1. The summed E-state index contributed by atoms with van der Waals surface area (Å²) < 4.78 is 50.6. The van der Waals surface area contributed by atoms with E-state index in [1.807, 2.05) is 0 Å². The summed E-state index contributed by atoms with van der Waals surface area (Å²) in [7, 11) is 0. The molecule has 1 aliphatic rings. The second-order valence-corrected chi connectivity index (χ2v) is 7.98. The van der Waals surface area contributed by atoms with Crippen molar-refractivity contribution in [2.45, 2.75) is 23.9 Å². The Morgan fingerprint density at radius 1 is 1.03 bits per heavy atom. The van der Waals surface area contributed by atoms with Crippen molar-refractivity contribution in [1.29, 1.82) is 0 Å². The summed E-state index contributed by atoms with van der Waals surface area (Å²) in [5.74, 6) is -2.30. The van der Waals surface area contributed by atoms with Crippen molar-refractivity contribution in [3.8, 4) is 0 Å². The van der Waals surface area contributed by atoms with Gasteiger partial charge in [0.15, 0.2) is 0 Å². The molecule has 0 spiro atoms. The number of hydrogen-bond acceptors (Lipinski definition) is 3. The normalized spacial score (nSPS) is 15.1. The highest BCUT2D eigenvalue weighted by atomic mass is 32.2. The molecule has 0 unspecified atom stereocenters. The van der Waals surface area contributed by atoms with Gasteiger partial charge in [0.25, 0.3) is 5.91 Å². The summed E-state index contributed by atoms with van der Waals surface area (Å²) in [6.07, 6.45) is -3.42. The molecule has 0 radical (unpaired) electrons. The number of carbonyl (C=O) groups excluding carboxylic acids is 2. The number of nitrogens with one attached hydrogen (secondary N) is 1. The molecule has 0 atom stereocenters. The third kappa shape index (κ3) is 5.98. The molecule has 1 saturated heterocycles. The van der Waals surface area contributed by atoms with Crippen LogP contribution in [0.2, 0.25) is 0 Å². The Balaban J connectivity index is 1.56. The molecule has 0 saturated carbocycles. The summed E-state index contributed by atoms with van der Waals surface area (Å²) in [5, 5.41) is 2.73. The Kier molecular flexibility index (Phi) is 7.02. The Labute approximate surface area is 175 Å². The monoisotopic (exact) mass is 440 g/mol. The second kappa shape index (κ2) is 9.51. The summed E-state index contributed by atoms with van der Waals surface area (Å²) >= 11 is 0.626. The molecule has 1 heterocycles. The lowest BCUT2D eigenvalue weighted by Crippen LogP contribution is -2.41. The van der Waals surface area contributed by atoms with Crippen LogP contribution in [0.1, 0.15) is 23.2 Å². The highest BCUT2D eigenvalue weighted by molar-refractivity contribution is 7.99. The van der Waals surface area contributed by atoms with E-state index in [1.165, 1.54) is 30.3 Å². The van der Waals surface area contributed by atoms with E-state index in [1.54, 1.807) is 23.1 Å². The van der Waals surface area contributed by atoms with Crippen LogP contribution in [0, 0.1) is 11.7 Å². The summed E-state index contributed by atoms with van der Waals surface area (Å²) in [4.78, 5) is 27.1. The van der Waals surface area contributed by atoms with Crippen LogP contribution in [0.25, 0.3) is 0 Å². The smallest absolute Gasteiger partial charge is 0.339 e. The van der Waals surface area contributed by atoms with Gasteiger partial charge in [0, 0.05) is 29.5 Å². The maximum Gasteiger partial charge on any atom is 0.398 e. The number of benzene rings is 2. The maximum atomic E-state index is 13.0. The van der Waals surface area contributed by atoms with E-state index in [2.05, 4.69) is 5.32 Å². The SMILES string of the molecule is O=C(Nc1ccccc1SCC(F)(F)F)C1CCN(C(=O)c2ccc(F)cc2)CC1. The Morgan fingerprint density at radius 3 is 2.30 bits per heavy atom. The summed E-state index contributed by atoms with van der Waals surface area (Å²) in [6, 6.07) is 11.7. The first-order chi connectivity index (χ1) is 14.2. The number of piperidine rings is 1. The fourth-order valence-electron chi connectivity index (χ4n) is 3.21. The molecule has 1 fully saturated rings. The summed E-state index contributed by atoms with van der Waals surface area (Å²) in [6.45, 7) is 0.748. The first-order valence-corrected chi connectivity index (χ1v) is 10.4. The van der Waals surface area contributed by atoms with Crippen molar-refractivity contribution in [2.24, 2.45) is 5.92 Å². The van der Waals surface area contributed by atoms with E-state index >= 15 is 0 Å².